The molecule has 0 unspecified atom stereocenters. The second kappa shape index (κ2) is 11.5. The lowest BCUT2D eigenvalue weighted by atomic mass is 10.1. The summed E-state index contributed by atoms with van der Waals surface area (Å²) in [4.78, 5) is 30.1. The van der Waals surface area contributed by atoms with Crippen LogP contribution in [-0.2, 0) is 4.79 Å². The number of allylic oxidation sites excluding steroid dienone is 1. The molecule has 0 aliphatic carbocycles. The van der Waals surface area contributed by atoms with E-state index in [4.69, 9.17) is 16.1 Å². The summed E-state index contributed by atoms with van der Waals surface area (Å²) in [5.41, 5.74) is 11.8. The van der Waals surface area contributed by atoms with E-state index in [1.807, 2.05) is 66.3 Å². The summed E-state index contributed by atoms with van der Waals surface area (Å²) in [5, 5.41) is 10.8. The number of nitrogens with two attached hydrogens (primary N) is 1. The lowest BCUT2D eigenvalue weighted by molar-refractivity contribution is -0.104. The number of hydrogen-bond donors (Lipinski definition) is 3. The fraction of sp³-hybridized carbons (Fsp3) is 0.111. The molecule has 0 aliphatic heterocycles. The van der Waals surface area contributed by atoms with Gasteiger partial charge in [0.25, 0.3) is 0 Å². The molecule has 2 aromatic carbocycles. The number of rotatable bonds is 11. The molecule has 2 aromatic heterocycles. The van der Waals surface area contributed by atoms with Crippen LogP contribution >= 0.6 is 0 Å². The number of fused-ring (bicyclic) bond motifs is 1. The highest BCUT2D eigenvalue weighted by Gasteiger charge is 2.11. The number of carbonyl (C=O) groups excluding carboxylic acids is 1. The van der Waals surface area contributed by atoms with E-state index in [2.05, 4.69) is 31.9 Å². The molecule has 0 saturated heterocycles. The second-order valence-corrected chi connectivity index (χ2v) is 8.18. The molecule has 0 spiro atoms. The van der Waals surface area contributed by atoms with Crippen molar-refractivity contribution >= 4 is 54.0 Å². The number of nitrogens with one attached hydrogen (secondary N) is 2. The summed E-state index contributed by atoms with van der Waals surface area (Å²) in [6.45, 7) is 4.54. The van der Waals surface area contributed by atoms with Crippen LogP contribution in [0.4, 0.5) is 22.9 Å². The molecule has 186 valence electrons. The first-order chi connectivity index (χ1) is 18.0. The first kappa shape index (κ1) is 25.0. The predicted octanol–water partition coefficient (Wildman–Crippen LogP) is 4.01. The van der Waals surface area contributed by atoms with Gasteiger partial charge in [0.05, 0.1) is 17.8 Å². The number of aromatic nitrogens is 3. The van der Waals surface area contributed by atoms with Gasteiger partial charge in [0.2, 0.25) is 0 Å². The molecule has 4 rings (SSSR count). The molecule has 0 radical (unpaired) electrons. The molecule has 4 aromatic rings. The molecule has 0 atom stereocenters. The number of anilines is 4. The van der Waals surface area contributed by atoms with Gasteiger partial charge in [-0.25, -0.2) is 9.97 Å². The van der Waals surface area contributed by atoms with E-state index < -0.39 is 0 Å². The van der Waals surface area contributed by atoms with Crippen molar-refractivity contribution in [2.75, 3.05) is 36.1 Å². The maximum atomic E-state index is 10.9. The number of aliphatic imine (C=N–C) groups is 2. The Kier molecular flexibility index (Phi) is 7.79. The zero-order valence-corrected chi connectivity index (χ0v) is 20.4. The third-order valence-electron chi connectivity index (χ3n) is 5.66. The van der Waals surface area contributed by atoms with Crippen LogP contribution in [0.1, 0.15) is 5.56 Å². The third-order valence-corrected chi connectivity index (χ3v) is 5.66. The Morgan fingerprint density at radius 3 is 2.78 bits per heavy atom. The van der Waals surface area contributed by atoms with E-state index in [-0.39, 0.29) is 0 Å². The molecular weight excluding hydrogens is 466 g/mol. The smallest absolute Gasteiger partial charge is 0.180 e. The number of hydrogen-bond acceptors (Lipinski definition) is 9. The van der Waals surface area contributed by atoms with Crippen molar-refractivity contribution < 1.29 is 4.79 Å². The fourth-order valence-electron chi connectivity index (χ4n) is 3.66. The summed E-state index contributed by atoms with van der Waals surface area (Å²) in [6, 6.07) is 13.5. The Labute approximate surface area is 214 Å². The number of likely N-dealkylation sites (N-methyl/N-ethyl adjacent to an activating group) is 1. The maximum Gasteiger partial charge on any atom is 0.180 e. The van der Waals surface area contributed by atoms with Crippen molar-refractivity contribution in [3.05, 3.63) is 78.4 Å². The molecule has 0 bridgehead atoms. The number of nitrogens with zero attached hydrogens (tertiary/aromatic N) is 6. The van der Waals surface area contributed by atoms with Gasteiger partial charge in [-0.2, -0.15) is 0 Å². The van der Waals surface area contributed by atoms with E-state index in [0.717, 1.165) is 22.6 Å². The van der Waals surface area contributed by atoms with Gasteiger partial charge in [-0.15, -0.1) is 0 Å². The molecule has 10 heteroatoms. The van der Waals surface area contributed by atoms with E-state index in [0.29, 0.717) is 47.7 Å². The summed E-state index contributed by atoms with van der Waals surface area (Å²) < 4.78 is 1.91. The SMILES string of the molecule is C=N/C=C(/C=O)C=NCCN(C)c1ccc(Nc2nc(-c3ccc(C=N)c(N)c3)cn3ccnc23)cc1. The lowest BCUT2D eigenvalue weighted by Crippen LogP contribution is -2.20. The van der Waals surface area contributed by atoms with Crippen LogP contribution in [0.3, 0.4) is 0 Å². The zero-order chi connectivity index (χ0) is 26.2. The van der Waals surface area contributed by atoms with Crippen LogP contribution in [0.25, 0.3) is 16.9 Å². The van der Waals surface area contributed by atoms with Crippen LogP contribution in [0.5, 0.6) is 0 Å². The number of aldehydes is 1. The van der Waals surface area contributed by atoms with Gasteiger partial charge in [0, 0.05) is 79.0 Å². The summed E-state index contributed by atoms with van der Waals surface area (Å²) >= 11 is 0. The minimum atomic E-state index is 0.379. The van der Waals surface area contributed by atoms with Crippen molar-refractivity contribution in [1.82, 2.24) is 14.4 Å². The topological polar surface area (TPSA) is 137 Å². The predicted molar refractivity (Wildman–Crippen MR) is 151 cm³/mol. The Bertz CT molecular complexity index is 1490. The molecule has 0 saturated carbocycles. The summed E-state index contributed by atoms with van der Waals surface area (Å²) in [6.07, 6.45) is 10.3. The van der Waals surface area contributed by atoms with E-state index in [9.17, 15) is 4.79 Å². The average Bonchev–Trinajstić information content (AvgIpc) is 3.40. The number of nitrogen functional groups attached to an aromatic ring is 1. The molecule has 0 amide bonds. The van der Waals surface area contributed by atoms with Gasteiger partial charge in [0.1, 0.15) is 0 Å². The highest BCUT2D eigenvalue weighted by molar-refractivity contribution is 6.01. The van der Waals surface area contributed by atoms with E-state index >= 15 is 0 Å². The number of imidazole rings is 1. The lowest BCUT2D eigenvalue weighted by Gasteiger charge is -2.18. The maximum absolute atomic E-state index is 10.9. The van der Waals surface area contributed by atoms with Gasteiger partial charge in [-0.1, -0.05) is 12.1 Å². The van der Waals surface area contributed by atoms with Crippen molar-refractivity contribution in [3.8, 4) is 11.3 Å². The summed E-state index contributed by atoms with van der Waals surface area (Å²) in [5.74, 6) is 0.612. The van der Waals surface area contributed by atoms with Gasteiger partial charge >= 0.3 is 0 Å². The fourth-order valence-corrected chi connectivity index (χ4v) is 3.66. The first-order valence-corrected chi connectivity index (χ1v) is 11.5. The van der Waals surface area contributed by atoms with Gasteiger partial charge in [-0.3, -0.25) is 14.8 Å². The largest absolute Gasteiger partial charge is 0.398 e. The molecular formula is C27H27N9O. The molecule has 10 nitrogen and oxygen atoms in total. The molecule has 4 N–H and O–H groups in total. The highest BCUT2D eigenvalue weighted by atomic mass is 16.1. The standard InChI is InChI=1S/C27H27N9O/c1-30-15-19(18-37)16-31-9-11-35(2)23-7-5-22(6-8-23)33-26-27-32-10-12-36(27)17-25(34-26)20-3-4-21(14-28)24(29)13-20/h3-8,10,12-18,28H,1,9,11,29H2,2H3,(H,33,34)/b19-15+,28-14?,31-16?. The summed E-state index contributed by atoms with van der Waals surface area (Å²) in [7, 11) is 1.98. The number of benzene rings is 2. The molecule has 37 heavy (non-hydrogen) atoms. The van der Waals surface area contributed by atoms with Crippen LogP contribution in [0.15, 0.2) is 82.8 Å². The van der Waals surface area contributed by atoms with Gasteiger partial charge in [0.15, 0.2) is 17.8 Å². The molecule has 0 aliphatic rings. The third kappa shape index (κ3) is 5.93. The van der Waals surface area contributed by atoms with Crippen LogP contribution in [-0.4, -0.2) is 59.9 Å². The van der Waals surface area contributed by atoms with Crippen LogP contribution in [0, 0.1) is 5.41 Å². The Morgan fingerprint density at radius 2 is 2.08 bits per heavy atom. The van der Waals surface area contributed by atoms with Crippen molar-refractivity contribution in [2.24, 2.45) is 9.98 Å². The molecule has 0 fully saturated rings. The first-order valence-electron chi connectivity index (χ1n) is 11.5. The second-order valence-electron chi connectivity index (χ2n) is 8.18. The van der Waals surface area contributed by atoms with Crippen molar-refractivity contribution in [3.63, 3.8) is 0 Å². The zero-order valence-electron chi connectivity index (χ0n) is 20.4. The monoisotopic (exact) mass is 493 g/mol. The van der Waals surface area contributed by atoms with Crippen molar-refractivity contribution in [1.29, 1.82) is 5.41 Å². The van der Waals surface area contributed by atoms with Gasteiger partial charge in [-0.05, 0) is 37.0 Å². The highest BCUT2D eigenvalue weighted by Crippen LogP contribution is 2.27. The van der Waals surface area contributed by atoms with E-state index in [1.165, 1.54) is 18.6 Å². The Morgan fingerprint density at radius 1 is 1.27 bits per heavy atom. The van der Waals surface area contributed by atoms with Crippen LogP contribution < -0.4 is 16.0 Å². The minimum absolute atomic E-state index is 0.379. The average molecular weight is 494 g/mol. The van der Waals surface area contributed by atoms with Gasteiger partial charge < -0.3 is 25.8 Å². The minimum Gasteiger partial charge on any atom is -0.398 e. The molecule has 2 heterocycles. The Hall–Kier alpha value is -5.12. The van der Waals surface area contributed by atoms with Crippen molar-refractivity contribution in [2.45, 2.75) is 0 Å². The van der Waals surface area contributed by atoms with Crippen LogP contribution in [0.2, 0.25) is 0 Å². The quantitative estimate of drug-likeness (QED) is 0.125. The Balaban J connectivity index is 1.49. The van der Waals surface area contributed by atoms with E-state index in [1.54, 1.807) is 6.20 Å². The normalized spacial score (nSPS) is 11.5. The number of carbonyl (C=O) groups is 1.